The van der Waals surface area contributed by atoms with Gasteiger partial charge >= 0.3 is 0 Å². The molecule has 3 aliphatic rings. The van der Waals surface area contributed by atoms with Gasteiger partial charge in [-0.25, -0.2) is 0 Å². The number of anilines is 2. The Kier molecular flexibility index (Phi) is 5.60. The molecule has 0 amide bonds. The number of benzene rings is 3. The first-order valence-electron chi connectivity index (χ1n) is 12.4. The average Bonchev–Trinajstić information content (AvgIpc) is 2.92. The number of nitro benzene ring substituents is 1. The zero-order valence-electron chi connectivity index (χ0n) is 19.9. The van der Waals surface area contributed by atoms with Gasteiger partial charge in [-0.1, -0.05) is 24.3 Å². The summed E-state index contributed by atoms with van der Waals surface area (Å²) in [4.78, 5) is 13.8. The van der Waals surface area contributed by atoms with Gasteiger partial charge in [0.1, 0.15) is 5.84 Å². The molecular weight excluding hydrogens is 454 g/mol. The van der Waals surface area contributed by atoms with Crippen molar-refractivity contribution in [2.24, 2.45) is 11.7 Å². The van der Waals surface area contributed by atoms with Crippen LogP contribution in [0.5, 0.6) is 0 Å². The van der Waals surface area contributed by atoms with E-state index < -0.39 is 0 Å². The van der Waals surface area contributed by atoms with E-state index in [1.807, 2.05) is 24.3 Å². The number of hydrogen-bond acceptors (Lipinski definition) is 6. The number of ether oxygens (including phenoxy) is 1. The van der Waals surface area contributed by atoms with Crippen LogP contribution >= 0.6 is 0 Å². The molecule has 1 saturated heterocycles. The number of hydrogen-bond donors (Lipinski definition) is 3. The van der Waals surface area contributed by atoms with Crippen molar-refractivity contribution >= 4 is 22.9 Å². The maximum atomic E-state index is 11.8. The highest BCUT2D eigenvalue weighted by Gasteiger charge is 2.42. The summed E-state index contributed by atoms with van der Waals surface area (Å²) >= 11 is 0. The highest BCUT2D eigenvalue weighted by Crippen LogP contribution is 2.54. The molecule has 8 nitrogen and oxygen atoms in total. The first kappa shape index (κ1) is 22.5. The number of nitrogens with two attached hydrogens (primary N) is 1. The molecule has 2 heterocycles. The summed E-state index contributed by atoms with van der Waals surface area (Å²) in [5.74, 6) is 0.345. The lowest BCUT2D eigenvalue weighted by atomic mass is 9.65. The average molecular weight is 484 g/mol. The van der Waals surface area contributed by atoms with Gasteiger partial charge in [0.25, 0.3) is 5.69 Å². The Morgan fingerprint density at radius 1 is 1.06 bits per heavy atom. The van der Waals surface area contributed by atoms with E-state index in [0.29, 0.717) is 18.8 Å². The molecule has 36 heavy (non-hydrogen) atoms. The first-order valence-corrected chi connectivity index (χ1v) is 12.4. The molecule has 1 fully saturated rings. The minimum absolute atomic E-state index is 0.0499. The third kappa shape index (κ3) is 3.78. The number of rotatable bonds is 4. The Morgan fingerprint density at radius 3 is 2.64 bits per heavy atom. The molecule has 2 aliphatic heterocycles. The topological polar surface area (TPSA) is 118 Å². The van der Waals surface area contributed by atoms with Crippen molar-refractivity contribution in [2.45, 2.75) is 24.8 Å². The fraction of sp³-hybridized carbons (Fsp3) is 0.321. The van der Waals surface area contributed by atoms with E-state index in [2.05, 4.69) is 34.5 Å². The Labute approximate surface area is 209 Å². The van der Waals surface area contributed by atoms with Crippen LogP contribution in [0.15, 0.2) is 60.7 Å². The first-order chi connectivity index (χ1) is 17.5. The Balaban J connectivity index is 1.53. The SMILES string of the molecule is N=C(N)c1ccc2c(c1)C1c3ccccc3CCC1C(c1cc([N+](=O)[O-])ccc1N1CCOCC1)N2. The van der Waals surface area contributed by atoms with Gasteiger partial charge < -0.3 is 20.7 Å². The summed E-state index contributed by atoms with van der Waals surface area (Å²) in [6.45, 7) is 2.80. The number of aryl methyl sites for hydroxylation is 1. The molecule has 184 valence electrons. The Bertz CT molecular complexity index is 1350. The monoisotopic (exact) mass is 483 g/mol. The van der Waals surface area contributed by atoms with E-state index in [1.165, 1.54) is 11.1 Å². The van der Waals surface area contributed by atoms with Crippen LogP contribution in [0.25, 0.3) is 0 Å². The van der Waals surface area contributed by atoms with E-state index >= 15 is 0 Å². The number of morpholine rings is 1. The second-order valence-corrected chi connectivity index (χ2v) is 9.82. The van der Waals surface area contributed by atoms with E-state index in [4.69, 9.17) is 15.9 Å². The third-order valence-electron chi connectivity index (χ3n) is 7.91. The maximum Gasteiger partial charge on any atom is 0.269 e. The van der Waals surface area contributed by atoms with Crippen molar-refractivity contribution in [1.29, 1.82) is 5.41 Å². The summed E-state index contributed by atoms with van der Waals surface area (Å²) in [6, 6.07) is 19.6. The quantitative estimate of drug-likeness (QED) is 0.216. The zero-order valence-corrected chi connectivity index (χ0v) is 19.9. The Morgan fingerprint density at radius 2 is 1.86 bits per heavy atom. The maximum absolute atomic E-state index is 11.8. The van der Waals surface area contributed by atoms with Crippen LogP contribution in [0, 0.1) is 21.4 Å². The number of amidine groups is 1. The van der Waals surface area contributed by atoms with Gasteiger partial charge in [-0.2, -0.15) is 0 Å². The second-order valence-electron chi connectivity index (χ2n) is 9.82. The summed E-state index contributed by atoms with van der Waals surface area (Å²) in [5, 5.41) is 23.5. The van der Waals surface area contributed by atoms with Gasteiger partial charge in [0.05, 0.1) is 24.2 Å². The molecule has 1 aliphatic carbocycles. The molecule has 3 aromatic rings. The number of nitro groups is 1. The minimum Gasteiger partial charge on any atom is -0.384 e. The number of nitrogens with one attached hydrogen (secondary N) is 2. The summed E-state index contributed by atoms with van der Waals surface area (Å²) < 4.78 is 5.58. The summed E-state index contributed by atoms with van der Waals surface area (Å²) in [5.41, 5.74) is 13.4. The lowest BCUT2D eigenvalue weighted by molar-refractivity contribution is -0.384. The molecule has 0 spiro atoms. The predicted octanol–water partition coefficient (Wildman–Crippen LogP) is 4.58. The number of nitrogens with zero attached hydrogens (tertiary/aromatic N) is 2. The van der Waals surface area contributed by atoms with Gasteiger partial charge in [-0.15, -0.1) is 0 Å². The van der Waals surface area contributed by atoms with E-state index in [0.717, 1.165) is 48.4 Å². The predicted molar refractivity (Wildman–Crippen MR) is 140 cm³/mol. The molecule has 0 radical (unpaired) electrons. The molecule has 0 aromatic heterocycles. The van der Waals surface area contributed by atoms with Gasteiger partial charge in [-0.05, 0) is 59.7 Å². The van der Waals surface area contributed by atoms with Crippen LogP contribution in [0.2, 0.25) is 0 Å². The number of nitrogen functional groups attached to an aromatic ring is 1. The van der Waals surface area contributed by atoms with Crippen molar-refractivity contribution < 1.29 is 9.66 Å². The van der Waals surface area contributed by atoms with Crippen molar-refractivity contribution in [2.75, 3.05) is 36.5 Å². The molecule has 0 saturated carbocycles. The largest absolute Gasteiger partial charge is 0.384 e. The highest BCUT2D eigenvalue weighted by molar-refractivity contribution is 5.95. The fourth-order valence-corrected chi connectivity index (χ4v) is 6.24. The van der Waals surface area contributed by atoms with Crippen molar-refractivity contribution in [3.8, 4) is 0 Å². The van der Waals surface area contributed by atoms with Crippen LogP contribution in [0.1, 0.15) is 46.2 Å². The molecule has 4 N–H and O–H groups in total. The minimum atomic E-state index is -0.309. The molecular formula is C28H29N5O3. The lowest BCUT2D eigenvalue weighted by Gasteiger charge is -2.45. The third-order valence-corrected chi connectivity index (χ3v) is 7.91. The lowest BCUT2D eigenvalue weighted by Crippen LogP contribution is -2.39. The molecule has 8 heteroatoms. The highest BCUT2D eigenvalue weighted by atomic mass is 16.6. The Hall–Kier alpha value is -3.91. The molecule has 3 unspecified atom stereocenters. The van der Waals surface area contributed by atoms with E-state index in [1.54, 1.807) is 12.1 Å². The van der Waals surface area contributed by atoms with E-state index in [-0.39, 0.29) is 34.3 Å². The van der Waals surface area contributed by atoms with Gasteiger partial charge in [-0.3, -0.25) is 15.5 Å². The number of non-ortho nitro benzene ring substituents is 1. The van der Waals surface area contributed by atoms with Gasteiger partial charge in [0.15, 0.2) is 0 Å². The van der Waals surface area contributed by atoms with E-state index in [9.17, 15) is 10.1 Å². The summed E-state index contributed by atoms with van der Waals surface area (Å²) in [6.07, 6.45) is 1.91. The molecule has 0 bridgehead atoms. The smallest absolute Gasteiger partial charge is 0.269 e. The van der Waals surface area contributed by atoms with Crippen LogP contribution in [0.3, 0.4) is 0 Å². The molecule has 3 atom stereocenters. The van der Waals surface area contributed by atoms with Crippen LogP contribution in [-0.2, 0) is 11.2 Å². The standard InChI is InChI=1S/C28H29N5O3/c29-28(30)18-6-9-24-22(15-18)26-20-4-2-1-3-17(20)5-8-21(26)27(31-24)23-16-19(33(34)35)7-10-25(23)32-11-13-36-14-12-32/h1-4,6-7,9-10,15-16,21,26-27,31H,5,8,11-14H2,(H3,29,30). The molecule has 3 aromatic carbocycles. The van der Waals surface area contributed by atoms with Crippen molar-refractivity contribution in [3.05, 3.63) is 98.6 Å². The summed E-state index contributed by atoms with van der Waals surface area (Å²) in [7, 11) is 0. The number of fused-ring (bicyclic) bond motifs is 5. The normalized spacial score (nSPS) is 22.6. The zero-order chi connectivity index (χ0) is 24.8. The molecule has 6 rings (SSSR count). The van der Waals surface area contributed by atoms with Gasteiger partial charge in [0, 0.05) is 53.6 Å². The fourth-order valence-electron chi connectivity index (χ4n) is 6.24. The second kappa shape index (κ2) is 8.95. The van der Waals surface area contributed by atoms with Crippen LogP contribution < -0.4 is 16.0 Å². The van der Waals surface area contributed by atoms with Crippen LogP contribution in [0.4, 0.5) is 17.1 Å². The van der Waals surface area contributed by atoms with Crippen LogP contribution in [-0.4, -0.2) is 37.1 Å². The van der Waals surface area contributed by atoms with Crippen molar-refractivity contribution in [3.63, 3.8) is 0 Å². The van der Waals surface area contributed by atoms with Crippen molar-refractivity contribution in [1.82, 2.24) is 0 Å². The van der Waals surface area contributed by atoms with Gasteiger partial charge in [0.2, 0.25) is 0 Å².